The third-order valence-corrected chi connectivity index (χ3v) is 2.44. The molecule has 52 valence electrons. The fourth-order valence-electron chi connectivity index (χ4n) is 1.83. The first-order valence-electron chi connectivity index (χ1n) is 3.77. The van der Waals surface area contributed by atoms with Gasteiger partial charge >= 0.3 is 0 Å². The van der Waals surface area contributed by atoms with Gasteiger partial charge in [-0.1, -0.05) is 0 Å². The van der Waals surface area contributed by atoms with Crippen molar-refractivity contribution in [2.75, 3.05) is 0 Å². The van der Waals surface area contributed by atoms with Gasteiger partial charge in [-0.25, -0.2) is 0 Å². The molecule has 0 radical (unpaired) electrons. The molecule has 2 rings (SSSR count). The van der Waals surface area contributed by atoms with E-state index in [0.29, 0.717) is 18.2 Å². The van der Waals surface area contributed by atoms with Gasteiger partial charge in [0.1, 0.15) is 0 Å². The minimum absolute atomic E-state index is 0.337. The summed E-state index contributed by atoms with van der Waals surface area (Å²) in [6.45, 7) is 0. The van der Waals surface area contributed by atoms with Crippen LogP contribution in [-0.4, -0.2) is 18.2 Å². The van der Waals surface area contributed by atoms with Gasteiger partial charge < -0.3 is 10.5 Å². The zero-order chi connectivity index (χ0) is 6.27. The second-order valence-electron chi connectivity index (χ2n) is 3.12. The molecule has 9 heavy (non-hydrogen) atoms. The number of fused-ring (bicyclic) bond motifs is 2. The van der Waals surface area contributed by atoms with E-state index < -0.39 is 0 Å². The van der Waals surface area contributed by atoms with Crippen LogP contribution in [0.25, 0.3) is 0 Å². The summed E-state index contributed by atoms with van der Waals surface area (Å²) < 4.78 is 5.58. The summed E-state index contributed by atoms with van der Waals surface area (Å²) in [5.74, 6) is 0. The van der Waals surface area contributed by atoms with E-state index in [0.717, 1.165) is 0 Å². The Balaban J connectivity index is 2.05. The van der Waals surface area contributed by atoms with Crippen LogP contribution < -0.4 is 5.73 Å². The molecule has 2 N–H and O–H groups in total. The molecular weight excluding hydrogens is 114 g/mol. The van der Waals surface area contributed by atoms with E-state index in [4.69, 9.17) is 10.5 Å². The van der Waals surface area contributed by atoms with Crippen LogP contribution in [0.1, 0.15) is 25.7 Å². The van der Waals surface area contributed by atoms with Crippen LogP contribution >= 0.6 is 0 Å². The maximum absolute atomic E-state index is 5.79. The van der Waals surface area contributed by atoms with Crippen LogP contribution in [0, 0.1) is 0 Å². The van der Waals surface area contributed by atoms with Crippen molar-refractivity contribution >= 4 is 0 Å². The van der Waals surface area contributed by atoms with Crippen molar-refractivity contribution in [1.82, 2.24) is 0 Å². The summed E-state index contributed by atoms with van der Waals surface area (Å²) in [6, 6.07) is 0.337. The molecule has 0 saturated carbocycles. The second-order valence-corrected chi connectivity index (χ2v) is 3.12. The van der Waals surface area contributed by atoms with Gasteiger partial charge in [-0.3, -0.25) is 0 Å². The lowest BCUT2D eigenvalue weighted by atomic mass is 10.1. The van der Waals surface area contributed by atoms with Gasteiger partial charge in [0.25, 0.3) is 0 Å². The van der Waals surface area contributed by atoms with E-state index >= 15 is 0 Å². The van der Waals surface area contributed by atoms with Gasteiger partial charge in [-0.15, -0.1) is 0 Å². The quantitative estimate of drug-likeness (QED) is 0.518. The lowest BCUT2D eigenvalue weighted by molar-refractivity contribution is -0.00693. The van der Waals surface area contributed by atoms with E-state index in [1.165, 1.54) is 25.7 Å². The van der Waals surface area contributed by atoms with Crippen molar-refractivity contribution < 1.29 is 4.74 Å². The first-order chi connectivity index (χ1) is 4.36. The van der Waals surface area contributed by atoms with Crippen molar-refractivity contribution in [2.45, 2.75) is 43.9 Å². The first kappa shape index (κ1) is 5.69. The molecule has 3 unspecified atom stereocenters. The van der Waals surface area contributed by atoms with E-state index in [1.54, 1.807) is 0 Å². The normalized spacial score (nSPS) is 49.7. The first-order valence-corrected chi connectivity index (χ1v) is 3.77. The molecule has 2 nitrogen and oxygen atoms in total. The minimum atomic E-state index is 0.337. The number of rotatable bonds is 0. The Morgan fingerprint density at radius 1 is 1.11 bits per heavy atom. The average molecular weight is 127 g/mol. The maximum Gasteiger partial charge on any atom is 0.0730 e. The standard InChI is InChI=1S/C7H13NO/c8-6-3-1-5-2-4-7(6)9-5/h5-7H,1-4,8H2. The SMILES string of the molecule is NC1CCC2CCC1O2. The van der Waals surface area contributed by atoms with Crippen LogP contribution in [-0.2, 0) is 4.74 Å². The van der Waals surface area contributed by atoms with Gasteiger partial charge in [0.05, 0.1) is 12.2 Å². The molecule has 2 heterocycles. The van der Waals surface area contributed by atoms with Crippen molar-refractivity contribution in [3.63, 3.8) is 0 Å². The minimum Gasteiger partial charge on any atom is -0.373 e. The Bertz CT molecular complexity index is 115. The molecule has 0 aliphatic carbocycles. The average Bonchev–Trinajstić information content (AvgIpc) is 2.25. The Hall–Kier alpha value is -0.0800. The summed E-state index contributed by atoms with van der Waals surface area (Å²) in [4.78, 5) is 0. The van der Waals surface area contributed by atoms with Crippen LogP contribution in [0.15, 0.2) is 0 Å². The fraction of sp³-hybridized carbons (Fsp3) is 1.00. The summed E-state index contributed by atoms with van der Waals surface area (Å²) >= 11 is 0. The molecule has 2 aliphatic heterocycles. The molecule has 0 amide bonds. The van der Waals surface area contributed by atoms with E-state index in [1.807, 2.05) is 0 Å². The Labute approximate surface area is 55.4 Å². The molecule has 0 aromatic carbocycles. The van der Waals surface area contributed by atoms with Crippen molar-refractivity contribution in [2.24, 2.45) is 5.73 Å². The predicted molar refractivity (Wildman–Crippen MR) is 35.1 cm³/mol. The largest absolute Gasteiger partial charge is 0.373 e. The number of hydrogen-bond donors (Lipinski definition) is 1. The molecule has 2 bridgehead atoms. The van der Waals surface area contributed by atoms with E-state index in [-0.39, 0.29) is 0 Å². The predicted octanol–water partition coefficient (Wildman–Crippen LogP) is 0.655. The Kier molecular flexibility index (Phi) is 1.24. The summed E-state index contributed by atoms with van der Waals surface area (Å²) in [7, 11) is 0. The highest BCUT2D eigenvalue weighted by molar-refractivity contribution is 4.87. The van der Waals surface area contributed by atoms with Crippen molar-refractivity contribution in [1.29, 1.82) is 0 Å². The lowest BCUT2D eigenvalue weighted by Crippen LogP contribution is -2.38. The molecule has 2 fully saturated rings. The highest BCUT2D eigenvalue weighted by Gasteiger charge is 2.34. The van der Waals surface area contributed by atoms with Crippen molar-refractivity contribution in [3.8, 4) is 0 Å². The van der Waals surface area contributed by atoms with Gasteiger partial charge in [-0.2, -0.15) is 0 Å². The van der Waals surface area contributed by atoms with Crippen LogP contribution in [0.4, 0.5) is 0 Å². The van der Waals surface area contributed by atoms with Crippen LogP contribution in [0.3, 0.4) is 0 Å². The lowest BCUT2D eigenvalue weighted by Gasteiger charge is -2.25. The molecule has 2 aliphatic rings. The smallest absolute Gasteiger partial charge is 0.0730 e. The molecule has 0 aromatic rings. The molecule has 3 atom stereocenters. The van der Waals surface area contributed by atoms with Crippen LogP contribution in [0.2, 0.25) is 0 Å². The fourth-order valence-corrected chi connectivity index (χ4v) is 1.83. The zero-order valence-electron chi connectivity index (χ0n) is 5.55. The summed E-state index contributed by atoms with van der Waals surface area (Å²) in [5, 5.41) is 0. The molecule has 2 heteroatoms. The van der Waals surface area contributed by atoms with Crippen molar-refractivity contribution in [3.05, 3.63) is 0 Å². The Morgan fingerprint density at radius 2 is 1.89 bits per heavy atom. The molecular formula is C7H13NO. The number of ether oxygens (including phenoxy) is 1. The zero-order valence-corrected chi connectivity index (χ0v) is 5.55. The second kappa shape index (κ2) is 1.96. The third-order valence-electron chi connectivity index (χ3n) is 2.44. The van der Waals surface area contributed by atoms with Gasteiger partial charge in [0.15, 0.2) is 0 Å². The van der Waals surface area contributed by atoms with Gasteiger partial charge in [0, 0.05) is 6.04 Å². The van der Waals surface area contributed by atoms with Gasteiger partial charge in [0.2, 0.25) is 0 Å². The monoisotopic (exact) mass is 127 g/mol. The number of hydrogen-bond acceptors (Lipinski definition) is 2. The summed E-state index contributed by atoms with van der Waals surface area (Å²) in [6.07, 6.45) is 5.79. The van der Waals surface area contributed by atoms with E-state index in [9.17, 15) is 0 Å². The molecule has 2 saturated heterocycles. The topological polar surface area (TPSA) is 35.2 Å². The van der Waals surface area contributed by atoms with Crippen LogP contribution in [0.5, 0.6) is 0 Å². The Morgan fingerprint density at radius 3 is 2.67 bits per heavy atom. The number of nitrogens with two attached hydrogens (primary N) is 1. The third kappa shape index (κ3) is 0.864. The van der Waals surface area contributed by atoms with E-state index in [2.05, 4.69) is 0 Å². The molecule has 0 aromatic heterocycles. The highest BCUT2D eigenvalue weighted by atomic mass is 16.5. The van der Waals surface area contributed by atoms with Gasteiger partial charge in [-0.05, 0) is 25.7 Å². The summed E-state index contributed by atoms with van der Waals surface area (Å²) in [5.41, 5.74) is 5.79. The highest BCUT2D eigenvalue weighted by Crippen LogP contribution is 2.31. The maximum atomic E-state index is 5.79. The molecule has 0 spiro atoms.